The van der Waals surface area contributed by atoms with Gasteiger partial charge in [0.25, 0.3) is 0 Å². The van der Waals surface area contributed by atoms with Gasteiger partial charge < -0.3 is 14.9 Å². The van der Waals surface area contributed by atoms with Crippen molar-refractivity contribution in [1.29, 1.82) is 0 Å². The third-order valence-corrected chi connectivity index (χ3v) is 5.53. The van der Waals surface area contributed by atoms with Crippen LogP contribution in [0.2, 0.25) is 0 Å². The Balaban J connectivity index is 0.00000161. The molecule has 0 saturated heterocycles. The molecule has 0 atom stereocenters. The topological polar surface area (TPSA) is 0 Å². The summed E-state index contributed by atoms with van der Waals surface area (Å²) in [5.74, 6) is 0. The minimum atomic E-state index is 0. The molecule has 3 rings (SSSR count). The fraction of sp³-hybridized carbons (Fsp3) is 0.500. The molecule has 2 aromatic rings. The predicted octanol–water partition coefficient (Wildman–Crippen LogP) is 6.66. The van der Waals surface area contributed by atoms with Crippen LogP contribution in [0.3, 0.4) is 0 Å². The zero-order valence-corrected chi connectivity index (χ0v) is 19.7. The summed E-state index contributed by atoms with van der Waals surface area (Å²) < 4.78 is 0. The molecule has 0 bridgehead atoms. The number of hydrogen-bond donors (Lipinski definition) is 0. The zero-order valence-electron chi connectivity index (χ0n) is 16.1. The van der Waals surface area contributed by atoms with Crippen molar-refractivity contribution >= 4 is 10.8 Å². The summed E-state index contributed by atoms with van der Waals surface area (Å²) in [6.07, 6.45) is 5.16. The van der Waals surface area contributed by atoms with E-state index in [2.05, 4.69) is 58.9 Å². The maximum atomic E-state index is 2.50. The van der Waals surface area contributed by atoms with Gasteiger partial charge >= 0.3 is 0 Å². The van der Waals surface area contributed by atoms with Gasteiger partial charge in [-0.25, -0.2) is 0 Å². The average molecular weight is 476 g/mol. The molecule has 0 unspecified atom stereocenters. The minimum absolute atomic E-state index is 0. The van der Waals surface area contributed by atoms with E-state index in [-0.39, 0.29) is 46.1 Å². The SMILES string of the molecule is CCC1(CC)Cc2cc3cc[c-](C(C)(C)C)c3cc2C1.[CH3-].[CH3-].[Hf]. The van der Waals surface area contributed by atoms with Crippen molar-refractivity contribution in [1.82, 2.24) is 0 Å². The summed E-state index contributed by atoms with van der Waals surface area (Å²) in [4.78, 5) is 0. The van der Waals surface area contributed by atoms with Crippen LogP contribution in [-0.2, 0) is 44.1 Å². The molecule has 0 N–H and O–H groups in total. The van der Waals surface area contributed by atoms with E-state index < -0.39 is 0 Å². The molecule has 0 amide bonds. The Morgan fingerprint density at radius 1 is 1.00 bits per heavy atom. The first-order valence-electron chi connectivity index (χ1n) is 8.10. The van der Waals surface area contributed by atoms with Crippen molar-refractivity contribution in [3.8, 4) is 0 Å². The van der Waals surface area contributed by atoms with Crippen molar-refractivity contribution < 1.29 is 25.8 Å². The van der Waals surface area contributed by atoms with E-state index in [0.29, 0.717) is 5.41 Å². The molecule has 2 aromatic carbocycles. The Labute approximate surface area is 163 Å². The van der Waals surface area contributed by atoms with Crippen LogP contribution in [0.5, 0.6) is 0 Å². The Morgan fingerprint density at radius 2 is 1.52 bits per heavy atom. The van der Waals surface area contributed by atoms with E-state index >= 15 is 0 Å². The molecule has 0 heterocycles. The van der Waals surface area contributed by atoms with E-state index in [1.165, 1.54) is 42.0 Å². The molecule has 0 aromatic heterocycles. The molecular weight excluding hydrogens is 443 g/mol. The number of benzene rings is 1. The summed E-state index contributed by atoms with van der Waals surface area (Å²) >= 11 is 0. The molecule has 0 saturated carbocycles. The van der Waals surface area contributed by atoms with Crippen molar-refractivity contribution in [3.63, 3.8) is 0 Å². The van der Waals surface area contributed by atoms with Gasteiger partial charge in [0, 0.05) is 25.8 Å². The third-order valence-electron chi connectivity index (χ3n) is 5.53. The molecule has 128 valence electrons. The number of rotatable bonds is 2. The van der Waals surface area contributed by atoms with E-state index in [9.17, 15) is 0 Å². The van der Waals surface area contributed by atoms with E-state index in [1.807, 2.05) is 0 Å². The van der Waals surface area contributed by atoms with Crippen molar-refractivity contribution in [2.75, 3.05) is 0 Å². The summed E-state index contributed by atoms with van der Waals surface area (Å²) in [6.45, 7) is 11.7. The molecule has 0 radical (unpaired) electrons. The summed E-state index contributed by atoms with van der Waals surface area (Å²) in [5.41, 5.74) is 5.48. The molecule has 0 nitrogen and oxygen atoms in total. The molecule has 0 aliphatic heterocycles. The van der Waals surface area contributed by atoms with Crippen LogP contribution in [0.25, 0.3) is 10.8 Å². The van der Waals surface area contributed by atoms with Crippen molar-refractivity contribution in [2.24, 2.45) is 5.41 Å². The Bertz CT molecular complexity index is 636. The van der Waals surface area contributed by atoms with Crippen LogP contribution in [0.4, 0.5) is 0 Å². The number of hydrogen-bond acceptors (Lipinski definition) is 0. The quantitative estimate of drug-likeness (QED) is 0.336. The monoisotopic (exact) mass is 477 g/mol. The van der Waals surface area contributed by atoms with Crippen molar-refractivity contribution in [3.05, 3.63) is 55.8 Å². The fourth-order valence-electron chi connectivity index (χ4n) is 3.95. The normalized spacial score (nSPS) is 15.3. The largest absolute Gasteiger partial charge is 0.358 e. The fourth-order valence-corrected chi connectivity index (χ4v) is 3.95. The first kappa shape index (κ1) is 22.7. The maximum Gasteiger partial charge on any atom is 0 e. The van der Waals surface area contributed by atoms with Crippen LogP contribution in [0, 0.1) is 20.3 Å². The van der Waals surface area contributed by atoms with Crippen LogP contribution in [0.1, 0.15) is 64.2 Å². The Kier molecular flexibility index (Phi) is 7.62. The predicted molar refractivity (Wildman–Crippen MR) is 101 cm³/mol. The molecule has 1 aliphatic carbocycles. The second-order valence-electron chi connectivity index (χ2n) is 7.77. The molecule has 1 aliphatic rings. The van der Waals surface area contributed by atoms with Gasteiger partial charge in [0.2, 0.25) is 0 Å². The smallest absolute Gasteiger partial charge is 0 e. The Hall–Kier alpha value is -0.300. The van der Waals surface area contributed by atoms with Gasteiger partial charge in [-0.3, -0.25) is 0 Å². The van der Waals surface area contributed by atoms with Gasteiger partial charge in [-0.2, -0.15) is 6.07 Å². The molecule has 0 fully saturated rings. The van der Waals surface area contributed by atoms with Crippen molar-refractivity contribution in [2.45, 2.75) is 65.7 Å². The van der Waals surface area contributed by atoms with Crippen LogP contribution < -0.4 is 0 Å². The van der Waals surface area contributed by atoms with E-state index in [1.54, 1.807) is 11.1 Å². The first-order valence-corrected chi connectivity index (χ1v) is 8.10. The van der Waals surface area contributed by atoms with E-state index in [0.717, 1.165) is 0 Å². The summed E-state index contributed by atoms with van der Waals surface area (Å²) in [5, 5.41) is 2.93. The number of fused-ring (bicyclic) bond motifs is 2. The second kappa shape index (κ2) is 7.72. The second-order valence-corrected chi connectivity index (χ2v) is 7.77. The maximum absolute atomic E-state index is 2.50. The summed E-state index contributed by atoms with van der Waals surface area (Å²) in [6, 6.07) is 9.60. The molecular formula is C22H33Hf-3. The van der Waals surface area contributed by atoms with Gasteiger partial charge in [-0.15, -0.1) is 34.5 Å². The van der Waals surface area contributed by atoms with Crippen LogP contribution in [-0.4, -0.2) is 0 Å². The third kappa shape index (κ3) is 3.86. The molecule has 1 heteroatoms. The Morgan fingerprint density at radius 3 is 2.00 bits per heavy atom. The van der Waals surface area contributed by atoms with E-state index in [4.69, 9.17) is 0 Å². The summed E-state index contributed by atoms with van der Waals surface area (Å²) in [7, 11) is 0. The molecule has 23 heavy (non-hydrogen) atoms. The van der Waals surface area contributed by atoms with Gasteiger partial charge in [0.05, 0.1) is 0 Å². The van der Waals surface area contributed by atoms with Gasteiger partial charge in [-0.05, 0) is 36.5 Å². The van der Waals surface area contributed by atoms with Crippen LogP contribution in [0.15, 0.2) is 24.3 Å². The average Bonchev–Trinajstić information content (AvgIpc) is 2.95. The standard InChI is InChI=1S/C20H27.2CH3.Hf/c1-6-20(7-2)12-15-10-14-8-9-18(19(3,4)5)17(14)11-16(15)13-20;;;/h8-11H,6-7,12-13H2,1-5H3;2*1H3;/q3*-1;. The zero-order chi connectivity index (χ0) is 14.5. The van der Waals surface area contributed by atoms with Gasteiger partial charge in [0.1, 0.15) is 0 Å². The van der Waals surface area contributed by atoms with Crippen LogP contribution >= 0.6 is 0 Å². The van der Waals surface area contributed by atoms with Gasteiger partial charge in [-0.1, -0.05) is 45.7 Å². The first-order chi connectivity index (χ1) is 9.38. The minimum Gasteiger partial charge on any atom is -0.358 e. The molecule has 0 spiro atoms. The van der Waals surface area contributed by atoms with Gasteiger partial charge in [0.15, 0.2) is 0 Å².